The van der Waals surface area contributed by atoms with E-state index in [0.717, 1.165) is 24.7 Å². The van der Waals surface area contributed by atoms with Crippen molar-refractivity contribution < 1.29 is 4.74 Å². The van der Waals surface area contributed by atoms with Gasteiger partial charge in [-0.1, -0.05) is 28.1 Å². The van der Waals surface area contributed by atoms with Crippen molar-refractivity contribution in [3.05, 3.63) is 55.4 Å². The molecule has 0 amide bonds. The molecule has 0 fully saturated rings. The Morgan fingerprint density at radius 1 is 1.00 bits per heavy atom. The summed E-state index contributed by atoms with van der Waals surface area (Å²) in [5.41, 5.74) is 6.39. The minimum atomic E-state index is 0.350. The minimum absolute atomic E-state index is 0.350. The molecule has 0 aliphatic rings. The van der Waals surface area contributed by atoms with Gasteiger partial charge >= 0.3 is 0 Å². The fourth-order valence-electron chi connectivity index (χ4n) is 1.44. The van der Waals surface area contributed by atoms with Crippen LogP contribution in [0.4, 0.5) is 0 Å². The van der Waals surface area contributed by atoms with Crippen LogP contribution in [-0.2, 0) is 0 Å². The zero-order valence-electron chi connectivity index (χ0n) is 9.49. The van der Waals surface area contributed by atoms with Crippen LogP contribution in [0.1, 0.15) is 5.56 Å². The van der Waals surface area contributed by atoms with E-state index in [0.29, 0.717) is 10.7 Å². The standard InChI is InChI=1S/C13H8Br3NOS/c14-7-1-4-12(11(16)5-7)18-8-2-3-9(13(17)19)10(15)6-8/h1-6H,(H2,17,19). The van der Waals surface area contributed by atoms with Gasteiger partial charge in [0.2, 0.25) is 0 Å². The Labute approximate surface area is 141 Å². The maximum Gasteiger partial charge on any atom is 0.141 e. The van der Waals surface area contributed by atoms with Crippen LogP contribution in [0.25, 0.3) is 0 Å². The van der Waals surface area contributed by atoms with Gasteiger partial charge in [0.25, 0.3) is 0 Å². The number of rotatable bonds is 3. The Kier molecular flexibility index (Phi) is 5.00. The third kappa shape index (κ3) is 3.78. The molecule has 0 atom stereocenters. The number of hydrogen-bond acceptors (Lipinski definition) is 2. The molecule has 6 heteroatoms. The van der Waals surface area contributed by atoms with Crippen LogP contribution >= 0.6 is 60.0 Å². The summed E-state index contributed by atoms with van der Waals surface area (Å²) >= 11 is 15.2. The van der Waals surface area contributed by atoms with E-state index in [1.165, 1.54) is 0 Å². The lowest BCUT2D eigenvalue weighted by Crippen LogP contribution is -2.09. The van der Waals surface area contributed by atoms with Gasteiger partial charge in [0, 0.05) is 14.5 Å². The molecule has 0 radical (unpaired) electrons. The van der Waals surface area contributed by atoms with Crippen LogP contribution in [0.3, 0.4) is 0 Å². The summed E-state index contributed by atoms with van der Waals surface area (Å²) in [7, 11) is 0. The Balaban J connectivity index is 2.29. The molecule has 0 spiro atoms. The van der Waals surface area contributed by atoms with Crippen molar-refractivity contribution in [2.45, 2.75) is 0 Å². The van der Waals surface area contributed by atoms with E-state index in [1.54, 1.807) is 0 Å². The molecule has 0 saturated heterocycles. The highest BCUT2D eigenvalue weighted by Crippen LogP contribution is 2.33. The second-order valence-corrected chi connectivity index (χ2v) is 6.75. The normalized spacial score (nSPS) is 10.3. The largest absolute Gasteiger partial charge is 0.456 e. The maximum atomic E-state index is 5.80. The highest BCUT2D eigenvalue weighted by molar-refractivity contribution is 9.11. The molecule has 2 aromatic rings. The molecule has 0 bridgehead atoms. The van der Waals surface area contributed by atoms with Gasteiger partial charge in [0.05, 0.1) is 4.47 Å². The van der Waals surface area contributed by atoms with Crippen LogP contribution in [0.2, 0.25) is 0 Å². The van der Waals surface area contributed by atoms with E-state index < -0.39 is 0 Å². The van der Waals surface area contributed by atoms with Gasteiger partial charge in [-0.3, -0.25) is 0 Å². The summed E-state index contributed by atoms with van der Waals surface area (Å²) in [6.45, 7) is 0. The molecular weight excluding hydrogens is 458 g/mol. The minimum Gasteiger partial charge on any atom is -0.456 e. The molecule has 0 heterocycles. The second kappa shape index (κ2) is 6.35. The van der Waals surface area contributed by atoms with Crippen LogP contribution in [0.15, 0.2) is 49.8 Å². The summed E-state index contributed by atoms with van der Waals surface area (Å²) < 4.78 is 8.46. The molecule has 0 saturated carbocycles. The van der Waals surface area contributed by atoms with E-state index in [1.807, 2.05) is 36.4 Å². The first-order chi connectivity index (χ1) is 8.97. The summed E-state index contributed by atoms with van der Waals surface area (Å²) in [5.74, 6) is 1.44. The average molecular weight is 466 g/mol. The molecule has 0 unspecified atom stereocenters. The van der Waals surface area contributed by atoms with Crippen LogP contribution in [0, 0.1) is 0 Å². The zero-order valence-corrected chi connectivity index (χ0v) is 15.1. The van der Waals surface area contributed by atoms with E-state index in [-0.39, 0.29) is 0 Å². The third-order valence-electron chi connectivity index (χ3n) is 2.33. The van der Waals surface area contributed by atoms with Gasteiger partial charge in [-0.15, -0.1) is 0 Å². The first-order valence-corrected chi connectivity index (χ1v) is 7.98. The van der Waals surface area contributed by atoms with E-state index in [9.17, 15) is 0 Å². The summed E-state index contributed by atoms with van der Waals surface area (Å²) in [6.07, 6.45) is 0. The molecule has 2 rings (SSSR count). The van der Waals surface area contributed by atoms with Crippen molar-refractivity contribution in [2.24, 2.45) is 5.73 Å². The smallest absolute Gasteiger partial charge is 0.141 e. The number of thiocarbonyl (C=S) groups is 1. The predicted octanol–water partition coefficient (Wildman–Crippen LogP) is 5.40. The van der Waals surface area contributed by atoms with E-state index in [2.05, 4.69) is 47.8 Å². The SMILES string of the molecule is NC(=S)c1ccc(Oc2ccc(Br)cc2Br)cc1Br. The molecule has 98 valence electrons. The molecule has 2 nitrogen and oxygen atoms in total. The molecule has 19 heavy (non-hydrogen) atoms. The summed E-state index contributed by atoms with van der Waals surface area (Å²) in [4.78, 5) is 0.350. The van der Waals surface area contributed by atoms with Crippen molar-refractivity contribution in [3.63, 3.8) is 0 Å². The van der Waals surface area contributed by atoms with Gasteiger partial charge in [-0.05, 0) is 68.3 Å². The van der Waals surface area contributed by atoms with Crippen molar-refractivity contribution >= 4 is 65.0 Å². The van der Waals surface area contributed by atoms with Crippen LogP contribution in [0.5, 0.6) is 11.5 Å². The van der Waals surface area contributed by atoms with Crippen LogP contribution in [-0.4, -0.2) is 4.99 Å². The van der Waals surface area contributed by atoms with E-state index >= 15 is 0 Å². The lowest BCUT2D eigenvalue weighted by Gasteiger charge is -2.10. The monoisotopic (exact) mass is 463 g/mol. The Bertz CT molecular complexity index is 646. The zero-order chi connectivity index (χ0) is 14.0. The Morgan fingerprint density at radius 2 is 1.74 bits per heavy atom. The van der Waals surface area contributed by atoms with Crippen LogP contribution < -0.4 is 10.5 Å². The fourth-order valence-corrected chi connectivity index (χ4v) is 3.45. The van der Waals surface area contributed by atoms with Crippen molar-refractivity contribution in [1.29, 1.82) is 0 Å². The van der Waals surface area contributed by atoms with Crippen molar-refractivity contribution in [3.8, 4) is 11.5 Å². The number of ether oxygens (including phenoxy) is 1. The van der Waals surface area contributed by atoms with Gasteiger partial charge in [0.15, 0.2) is 0 Å². The molecule has 2 N–H and O–H groups in total. The lowest BCUT2D eigenvalue weighted by molar-refractivity contribution is 0.479. The molecule has 2 aromatic carbocycles. The molecule has 0 aliphatic carbocycles. The average Bonchev–Trinajstić information content (AvgIpc) is 2.32. The summed E-state index contributed by atoms with van der Waals surface area (Å²) in [6, 6.07) is 11.2. The second-order valence-electron chi connectivity index (χ2n) is 3.68. The predicted molar refractivity (Wildman–Crippen MR) is 91.9 cm³/mol. The highest BCUT2D eigenvalue weighted by Gasteiger charge is 2.07. The van der Waals surface area contributed by atoms with Gasteiger partial charge in [-0.25, -0.2) is 0 Å². The number of hydrogen-bond donors (Lipinski definition) is 1. The number of benzene rings is 2. The first kappa shape index (κ1) is 15.0. The highest BCUT2D eigenvalue weighted by atomic mass is 79.9. The lowest BCUT2D eigenvalue weighted by atomic mass is 10.2. The molecular formula is C13H8Br3NOS. The van der Waals surface area contributed by atoms with Gasteiger partial charge < -0.3 is 10.5 Å². The maximum absolute atomic E-state index is 5.80. The topological polar surface area (TPSA) is 35.2 Å². The molecule has 0 aliphatic heterocycles. The molecule has 0 aromatic heterocycles. The Morgan fingerprint density at radius 3 is 2.32 bits per heavy atom. The fraction of sp³-hybridized carbons (Fsp3) is 0. The van der Waals surface area contributed by atoms with Gasteiger partial charge in [0.1, 0.15) is 16.5 Å². The first-order valence-electron chi connectivity index (χ1n) is 5.19. The quantitative estimate of drug-likeness (QED) is 0.616. The van der Waals surface area contributed by atoms with E-state index in [4.69, 9.17) is 22.7 Å². The van der Waals surface area contributed by atoms with Crippen molar-refractivity contribution in [1.82, 2.24) is 0 Å². The Hall–Kier alpha value is -0.430. The third-order valence-corrected chi connectivity index (χ3v) is 4.32. The van der Waals surface area contributed by atoms with Crippen molar-refractivity contribution in [2.75, 3.05) is 0 Å². The number of halogens is 3. The summed E-state index contributed by atoms with van der Waals surface area (Å²) in [5, 5.41) is 0. The number of nitrogens with two attached hydrogens (primary N) is 1. The van der Waals surface area contributed by atoms with Gasteiger partial charge in [-0.2, -0.15) is 0 Å².